The van der Waals surface area contributed by atoms with Crippen molar-refractivity contribution in [3.63, 3.8) is 0 Å². The van der Waals surface area contributed by atoms with Crippen molar-refractivity contribution in [1.29, 1.82) is 0 Å². The van der Waals surface area contributed by atoms with Crippen molar-refractivity contribution in [2.24, 2.45) is 5.92 Å². The third-order valence-corrected chi connectivity index (χ3v) is 3.59. The van der Waals surface area contributed by atoms with Crippen LogP contribution in [0.4, 0.5) is 0 Å². The molecule has 1 heterocycles. The van der Waals surface area contributed by atoms with Gasteiger partial charge >= 0.3 is 11.1 Å². The molecule has 0 saturated heterocycles. The quantitative estimate of drug-likeness (QED) is 0.768. The Morgan fingerprint density at radius 2 is 1.59 bits per heavy atom. The van der Waals surface area contributed by atoms with Crippen molar-refractivity contribution in [2.75, 3.05) is 7.11 Å². The molecule has 0 saturated carbocycles. The summed E-state index contributed by atoms with van der Waals surface area (Å²) in [5, 5.41) is 0. The zero-order chi connectivity index (χ0) is 16.1. The van der Waals surface area contributed by atoms with Gasteiger partial charge in [0.25, 0.3) is 0 Å². The molecular weight excluding hydrogens is 280 g/mol. The number of ether oxygens (including phenoxy) is 1. The molecule has 0 amide bonds. The molecule has 118 valence electrons. The Morgan fingerprint density at radius 1 is 1.00 bits per heavy atom. The summed E-state index contributed by atoms with van der Waals surface area (Å²) in [5.41, 5.74) is 0.000895. The van der Waals surface area contributed by atoms with Crippen LogP contribution in [0, 0.1) is 5.92 Å². The molecule has 2 rings (SSSR count). The first-order valence-electron chi connectivity index (χ1n) is 7.44. The second kappa shape index (κ2) is 7.11. The fourth-order valence-corrected chi connectivity index (χ4v) is 2.17. The van der Waals surface area contributed by atoms with E-state index in [1.54, 1.807) is 19.5 Å². The lowest BCUT2D eigenvalue weighted by Crippen LogP contribution is -2.40. The zero-order valence-electron chi connectivity index (χ0n) is 13.3. The Balaban J connectivity index is 2.20. The molecule has 0 fully saturated rings. The van der Waals surface area contributed by atoms with Crippen LogP contribution in [0.25, 0.3) is 0 Å². The molecule has 0 unspecified atom stereocenters. The van der Waals surface area contributed by atoms with Crippen LogP contribution in [0.1, 0.15) is 25.8 Å². The van der Waals surface area contributed by atoms with Gasteiger partial charge in [-0.05, 0) is 30.0 Å². The molecule has 0 radical (unpaired) electrons. The van der Waals surface area contributed by atoms with Gasteiger partial charge in [0.05, 0.1) is 13.7 Å². The second-order valence-electron chi connectivity index (χ2n) is 5.76. The Hall–Kier alpha value is -2.30. The third kappa shape index (κ3) is 3.87. The molecule has 5 heteroatoms. The molecular formula is C17H22N2O3. The average molecular weight is 302 g/mol. The predicted molar refractivity (Wildman–Crippen MR) is 86.5 cm³/mol. The lowest BCUT2D eigenvalue weighted by Gasteiger charge is -2.10. The summed E-state index contributed by atoms with van der Waals surface area (Å²) in [7, 11) is 1.61. The van der Waals surface area contributed by atoms with Crippen LogP contribution >= 0.6 is 0 Å². The highest BCUT2D eigenvalue weighted by molar-refractivity contribution is 5.27. The third-order valence-electron chi connectivity index (χ3n) is 3.59. The molecule has 0 spiro atoms. The molecule has 1 aromatic heterocycles. The maximum atomic E-state index is 12.2. The highest BCUT2D eigenvalue weighted by atomic mass is 16.5. The van der Waals surface area contributed by atoms with Crippen molar-refractivity contribution < 1.29 is 4.74 Å². The van der Waals surface area contributed by atoms with E-state index < -0.39 is 11.1 Å². The smallest absolute Gasteiger partial charge is 0.316 e. The molecule has 22 heavy (non-hydrogen) atoms. The van der Waals surface area contributed by atoms with Crippen LogP contribution in [-0.4, -0.2) is 16.2 Å². The zero-order valence-corrected chi connectivity index (χ0v) is 13.3. The SMILES string of the molecule is COc1ccc(Cn2ccn(CCC(C)C)c(=O)c2=O)cc1. The minimum absolute atomic E-state index is 0.378. The molecule has 1 aromatic carbocycles. The van der Waals surface area contributed by atoms with Gasteiger partial charge in [0.1, 0.15) is 5.75 Å². The average Bonchev–Trinajstić information content (AvgIpc) is 2.51. The highest BCUT2D eigenvalue weighted by Crippen LogP contribution is 2.11. The number of methoxy groups -OCH3 is 1. The first kappa shape index (κ1) is 16.1. The van der Waals surface area contributed by atoms with Gasteiger partial charge in [0, 0.05) is 18.9 Å². The second-order valence-corrected chi connectivity index (χ2v) is 5.76. The Bertz CT molecular complexity index is 727. The van der Waals surface area contributed by atoms with E-state index >= 15 is 0 Å². The van der Waals surface area contributed by atoms with Gasteiger partial charge in [0.2, 0.25) is 0 Å². The minimum Gasteiger partial charge on any atom is -0.497 e. The number of benzene rings is 1. The summed E-state index contributed by atoms with van der Waals surface area (Å²) in [5.74, 6) is 1.26. The molecule has 0 atom stereocenters. The topological polar surface area (TPSA) is 53.2 Å². The van der Waals surface area contributed by atoms with Crippen LogP contribution in [-0.2, 0) is 13.1 Å². The number of rotatable bonds is 6. The Labute approximate surface area is 129 Å². The van der Waals surface area contributed by atoms with Crippen LogP contribution in [0.5, 0.6) is 5.75 Å². The van der Waals surface area contributed by atoms with Gasteiger partial charge in [0.15, 0.2) is 0 Å². The van der Waals surface area contributed by atoms with E-state index in [0.717, 1.165) is 17.7 Å². The van der Waals surface area contributed by atoms with E-state index in [4.69, 9.17) is 4.74 Å². The van der Waals surface area contributed by atoms with Crippen molar-refractivity contribution in [3.8, 4) is 5.75 Å². The Kier molecular flexibility index (Phi) is 5.20. The molecule has 0 aliphatic heterocycles. The lowest BCUT2D eigenvalue weighted by atomic mass is 10.1. The summed E-state index contributed by atoms with van der Waals surface area (Å²) >= 11 is 0. The normalized spacial score (nSPS) is 10.9. The fraction of sp³-hybridized carbons (Fsp3) is 0.412. The summed E-state index contributed by atoms with van der Waals surface area (Å²) in [4.78, 5) is 24.3. The first-order valence-corrected chi connectivity index (χ1v) is 7.44. The maximum absolute atomic E-state index is 12.2. The van der Waals surface area contributed by atoms with Gasteiger partial charge in [-0.1, -0.05) is 26.0 Å². The fourth-order valence-electron chi connectivity index (χ4n) is 2.17. The van der Waals surface area contributed by atoms with Crippen molar-refractivity contribution >= 4 is 0 Å². The van der Waals surface area contributed by atoms with Gasteiger partial charge in [-0.3, -0.25) is 9.59 Å². The van der Waals surface area contributed by atoms with E-state index in [2.05, 4.69) is 13.8 Å². The van der Waals surface area contributed by atoms with Crippen LogP contribution < -0.4 is 15.9 Å². The molecule has 5 nitrogen and oxygen atoms in total. The Morgan fingerprint density at radius 3 is 2.18 bits per heavy atom. The van der Waals surface area contributed by atoms with E-state index in [1.807, 2.05) is 24.3 Å². The van der Waals surface area contributed by atoms with Crippen molar-refractivity contribution in [3.05, 3.63) is 62.9 Å². The summed E-state index contributed by atoms with van der Waals surface area (Å²) < 4.78 is 8.04. The van der Waals surface area contributed by atoms with E-state index in [1.165, 1.54) is 9.13 Å². The van der Waals surface area contributed by atoms with Gasteiger partial charge < -0.3 is 13.9 Å². The largest absolute Gasteiger partial charge is 0.497 e. The molecule has 0 aliphatic carbocycles. The number of hydrogen-bond donors (Lipinski definition) is 0. The number of aryl methyl sites for hydroxylation is 1. The van der Waals surface area contributed by atoms with Crippen molar-refractivity contribution in [1.82, 2.24) is 9.13 Å². The van der Waals surface area contributed by atoms with Gasteiger partial charge in [-0.15, -0.1) is 0 Å². The maximum Gasteiger partial charge on any atom is 0.316 e. The van der Waals surface area contributed by atoms with E-state index in [0.29, 0.717) is 19.0 Å². The standard InChI is InChI=1S/C17H22N2O3/c1-13(2)8-9-18-10-11-19(17(21)16(18)20)12-14-4-6-15(22-3)7-5-14/h4-7,10-11,13H,8-9,12H2,1-3H3. The van der Waals surface area contributed by atoms with Crippen LogP contribution in [0.3, 0.4) is 0 Å². The summed E-state index contributed by atoms with van der Waals surface area (Å²) in [6.07, 6.45) is 4.24. The van der Waals surface area contributed by atoms with Crippen LogP contribution in [0.2, 0.25) is 0 Å². The monoisotopic (exact) mass is 302 g/mol. The minimum atomic E-state index is -0.484. The molecule has 0 N–H and O–H groups in total. The van der Waals surface area contributed by atoms with Gasteiger partial charge in [-0.2, -0.15) is 0 Å². The van der Waals surface area contributed by atoms with E-state index in [-0.39, 0.29) is 0 Å². The molecule has 0 aliphatic rings. The first-order chi connectivity index (χ1) is 10.5. The molecule has 0 bridgehead atoms. The number of hydrogen-bond acceptors (Lipinski definition) is 3. The predicted octanol–water partition coefficient (Wildman–Crippen LogP) is 2.11. The summed E-state index contributed by atoms with van der Waals surface area (Å²) in [6, 6.07) is 7.44. The van der Waals surface area contributed by atoms with Crippen molar-refractivity contribution in [2.45, 2.75) is 33.4 Å². The van der Waals surface area contributed by atoms with Crippen LogP contribution in [0.15, 0.2) is 46.2 Å². The molecule has 2 aromatic rings. The lowest BCUT2D eigenvalue weighted by molar-refractivity contribution is 0.414. The number of aromatic nitrogens is 2. The van der Waals surface area contributed by atoms with E-state index in [9.17, 15) is 9.59 Å². The number of nitrogens with zero attached hydrogens (tertiary/aromatic N) is 2. The summed E-state index contributed by atoms with van der Waals surface area (Å²) in [6.45, 7) is 5.14. The highest BCUT2D eigenvalue weighted by Gasteiger charge is 2.06. The van der Waals surface area contributed by atoms with Gasteiger partial charge in [-0.25, -0.2) is 0 Å².